The monoisotopic (exact) mass is 329 g/mol. The summed E-state index contributed by atoms with van der Waals surface area (Å²) in [6, 6.07) is 12.8. The van der Waals surface area contributed by atoms with Gasteiger partial charge in [0, 0.05) is 27.7 Å². The molecule has 0 radical (unpaired) electrons. The zero-order chi connectivity index (χ0) is 14.1. The SMILES string of the molecule is O=C1CCc2cc(C(=O)c3cccc(Br)c3)ccc2N1. The summed E-state index contributed by atoms with van der Waals surface area (Å²) in [7, 11) is 0. The quantitative estimate of drug-likeness (QED) is 0.856. The summed E-state index contributed by atoms with van der Waals surface area (Å²) < 4.78 is 0.883. The maximum absolute atomic E-state index is 12.4. The number of aryl methyl sites for hydroxylation is 1. The van der Waals surface area contributed by atoms with E-state index in [2.05, 4.69) is 21.2 Å². The van der Waals surface area contributed by atoms with E-state index in [1.165, 1.54) is 0 Å². The maximum atomic E-state index is 12.4. The largest absolute Gasteiger partial charge is 0.326 e. The molecule has 0 bridgehead atoms. The number of anilines is 1. The molecule has 4 heteroatoms. The highest BCUT2D eigenvalue weighted by atomic mass is 79.9. The lowest BCUT2D eigenvalue weighted by Crippen LogP contribution is -2.19. The highest BCUT2D eigenvalue weighted by Gasteiger charge is 2.17. The third kappa shape index (κ3) is 2.51. The second kappa shape index (κ2) is 5.21. The van der Waals surface area contributed by atoms with Gasteiger partial charge in [0.1, 0.15) is 0 Å². The lowest BCUT2D eigenvalue weighted by atomic mass is 9.96. The van der Waals surface area contributed by atoms with Crippen LogP contribution in [-0.4, -0.2) is 11.7 Å². The summed E-state index contributed by atoms with van der Waals surface area (Å²) in [5.41, 5.74) is 3.13. The van der Waals surface area contributed by atoms with Gasteiger partial charge in [0.25, 0.3) is 0 Å². The van der Waals surface area contributed by atoms with E-state index in [0.717, 1.165) is 15.7 Å². The molecule has 0 aromatic heterocycles. The topological polar surface area (TPSA) is 46.2 Å². The molecule has 0 unspecified atom stereocenters. The normalized spacial score (nSPS) is 13.6. The third-order valence-corrected chi connectivity index (χ3v) is 3.84. The molecule has 0 saturated heterocycles. The van der Waals surface area contributed by atoms with Crippen LogP contribution in [0.5, 0.6) is 0 Å². The van der Waals surface area contributed by atoms with Crippen LogP contribution in [-0.2, 0) is 11.2 Å². The molecule has 3 rings (SSSR count). The minimum absolute atomic E-state index is 0.00833. The number of hydrogen-bond acceptors (Lipinski definition) is 2. The van der Waals surface area contributed by atoms with E-state index in [1.54, 1.807) is 18.2 Å². The molecule has 1 heterocycles. The summed E-state index contributed by atoms with van der Waals surface area (Å²) in [5, 5.41) is 2.82. The standard InChI is InChI=1S/C16H12BrNO2/c17-13-3-1-2-11(9-13)16(20)12-4-6-14-10(8-12)5-7-15(19)18-14/h1-4,6,8-9H,5,7H2,(H,18,19). The van der Waals surface area contributed by atoms with E-state index in [0.29, 0.717) is 24.0 Å². The van der Waals surface area contributed by atoms with Crippen LogP contribution in [0.1, 0.15) is 27.9 Å². The predicted octanol–water partition coefficient (Wildman–Crippen LogP) is 3.56. The number of rotatable bonds is 2. The Morgan fingerprint density at radius 1 is 1.05 bits per heavy atom. The van der Waals surface area contributed by atoms with Crippen molar-refractivity contribution in [2.75, 3.05) is 5.32 Å². The van der Waals surface area contributed by atoms with Crippen LogP contribution in [0, 0.1) is 0 Å². The first-order valence-electron chi connectivity index (χ1n) is 6.36. The fraction of sp³-hybridized carbons (Fsp3) is 0.125. The minimum Gasteiger partial charge on any atom is -0.326 e. The van der Waals surface area contributed by atoms with Crippen LogP contribution < -0.4 is 5.32 Å². The lowest BCUT2D eigenvalue weighted by molar-refractivity contribution is -0.116. The van der Waals surface area contributed by atoms with Crippen LogP contribution in [0.25, 0.3) is 0 Å². The molecular formula is C16H12BrNO2. The van der Waals surface area contributed by atoms with Crippen LogP contribution in [0.3, 0.4) is 0 Å². The zero-order valence-electron chi connectivity index (χ0n) is 10.7. The first-order valence-corrected chi connectivity index (χ1v) is 7.16. The molecule has 0 spiro atoms. The molecule has 2 aromatic carbocycles. The molecule has 1 amide bonds. The van der Waals surface area contributed by atoms with E-state index in [-0.39, 0.29) is 11.7 Å². The van der Waals surface area contributed by atoms with E-state index in [4.69, 9.17) is 0 Å². The third-order valence-electron chi connectivity index (χ3n) is 3.35. The first kappa shape index (κ1) is 13.1. The molecule has 1 aliphatic heterocycles. The van der Waals surface area contributed by atoms with E-state index in [9.17, 15) is 9.59 Å². The Labute approximate surface area is 125 Å². The van der Waals surface area contributed by atoms with E-state index >= 15 is 0 Å². The maximum Gasteiger partial charge on any atom is 0.224 e. The number of carbonyl (C=O) groups is 2. The van der Waals surface area contributed by atoms with Crippen molar-refractivity contribution in [1.82, 2.24) is 0 Å². The molecule has 0 atom stereocenters. The van der Waals surface area contributed by atoms with Gasteiger partial charge in [0.2, 0.25) is 5.91 Å². The Morgan fingerprint density at radius 3 is 2.65 bits per heavy atom. The minimum atomic E-state index is -0.00833. The van der Waals surface area contributed by atoms with Gasteiger partial charge >= 0.3 is 0 Å². The molecule has 1 N–H and O–H groups in total. The van der Waals surface area contributed by atoms with Crippen molar-refractivity contribution in [2.45, 2.75) is 12.8 Å². The Hall–Kier alpha value is -1.94. The van der Waals surface area contributed by atoms with Gasteiger partial charge in [-0.05, 0) is 42.3 Å². The average Bonchev–Trinajstić information content (AvgIpc) is 2.46. The summed E-state index contributed by atoms with van der Waals surface area (Å²) in [5.74, 6) is 0.0227. The second-order valence-electron chi connectivity index (χ2n) is 4.76. The molecule has 0 saturated carbocycles. The van der Waals surface area contributed by atoms with Crippen molar-refractivity contribution in [3.8, 4) is 0 Å². The number of hydrogen-bond donors (Lipinski definition) is 1. The van der Waals surface area contributed by atoms with Crippen molar-refractivity contribution in [3.63, 3.8) is 0 Å². The summed E-state index contributed by atoms with van der Waals surface area (Å²) in [6.07, 6.45) is 1.16. The van der Waals surface area contributed by atoms with E-state index < -0.39 is 0 Å². The van der Waals surface area contributed by atoms with Crippen molar-refractivity contribution >= 4 is 33.3 Å². The van der Waals surface area contributed by atoms with Gasteiger partial charge in [-0.15, -0.1) is 0 Å². The van der Waals surface area contributed by atoms with Gasteiger partial charge in [-0.3, -0.25) is 9.59 Å². The molecule has 0 aliphatic carbocycles. The molecule has 1 aliphatic rings. The Balaban J connectivity index is 1.95. The highest BCUT2D eigenvalue weighted by Crippen LogP contribution is 2.25. The lowest BCUT2D eigenvalue weighted by Gasteiger charge is -2.17. The number of ketones is 1. The molecule has 0 fully saturated rings. The Kier molecular flexibility index (Phi) is 3.40. The van der Waals surface area contributed by atoms with Gasteiger partial charge in [0.05, 0.1) is 0 Å². The van der Waals surface area contributed by atoms with Crippen LogP contribution in [0.2, 0.25) is 0 Å². The number of fused-ring (bicyclic) bond motifs is 1. The highest BCUT2D eigenvalue weighted by molar-refractivity contribution is 9.10. The Bertz CT molecular complexity index is 709. The fourth-order valence-corrected chi connectivity index (χ4v) is 2.72. The second-order valence-corrected chi connectivity index (χ2v) is 5.68. The van der Waals surface area contributed by atoms with Gasteiger partial charge in [-0.25, -0.2) is 0 Å². The number of amides is 1. The smallest absolute Gasteiger partial charge is 0.224 e. The van der Waals surface area contributed by atoms with Crippen molar-refractivity contribution in [1.29, 1.82) is 0 Å². The number of halogens is 1. The molecular weight excluding hydrogens is 318 g/mol. The van der Waals surface area contributed by atoms with Crippen molar-refractivity contribution < 1.29 is 9.59 Å². The van der Waals surface area contributed by atoms with Gasteiger partial charge in [-0.2, -0.15) is 0 Å². The van der Waals surface area contributed by atoms with Crippen molar-refractivity contribution in [2.24, 2.45) is 0 Å². The molecule has 100 valence electrons. The fourth-order valence-electron chi connectivity index (χ4n) is 2.32. The molecule has 20 heavy (non-hydrogen) atoms. The number of benzene rings is 2. The number of nitrogens with one attached hydrogen (secondary N) is 1. The van der Waals surface area contributed by atoms with Crippen LogP contribution >= 0.6 is 15.9 Å². The summed E-state index contributed by atoms with van der Waals surface area (Å²) in [6.45, 7) is 0. The first-order chi connectivity index (χ1) is 9.63. The summed E-state index contributed by atoms with van der Waals surface area (Å²) in [4.78, 5) is 23.8. The number of carbonyl (C=O) groups excluding carboxylic acids is 2. The molecule has 2 aromatic rings. The summed E-state index contributed by atoms with van der Waals surface area (Å²) >= 11 is 3.37. The van der Waals surface area contributed by atoms with Gasteiger partial charge < -0.3 is 5.32 Å². The average molecular weight is 330 g/mol. The van der Waals surface area contributed by atoms with Gasteiger partial charge in [-0.1, -0.05) is 28.1 Å². The van der Waals surface area contributed by atoms with Crippen molar-refractivity contribution in [3.05, 3.63) is 63.6 Å². The Morgan fingerprint density at radius 2 is 1.85 bits per heavy atom. The van der Waals surface area contributed by atoms with Gasteiger partial charge in [0.15, 0.2) is 5.78 Å². The zero-order valence-corrected chi connectivity index (χ0v) is 12.2. The molecule has 3 nitrogen and oxygen atoms in total. The van der Waals surface area contributed by atoms with Crippen LogP contribution in [0.15, 0.2) is 46.9 Å². The van der Waals surface area contributed by atoms with Crippen LogP contribution in [0.4, 0.5) is 5.69 Å². The van der Waals surface area contributed by atoms with E-state index in [1.807, 2.05) is 24.3 Å². The predicted molar refractivity (Wildman–Crippen MR) is 81.0 cm³/mol.